The third-order valence-electron chi connectivity index (χ3n) is 11.1. The zero-order valence-electron chi connectivity index (χ0n) is 23.5. The fraction of sp³-hybridized carbons (Fsp3) is 0.742. The van der Waals surface area contributed by atoms with Crippen molar-refractivity contribution in [3.63, 3.8) is 0 Å². The Morgan fingerprint density at radius 2 is 1.50 bits per heavy atom. The summed E-state index contributed by atoms with van der Waals surface area (Å²) in [5.41, 5.74) is 2.35. The van der Waals surface area contributed by atoms with Crippen molar-refractivity contribution in [1.29, 1.82) is 0 Å². The van der Waals surface area contributed by atoms with Gasteiger partial charge in [-0.25, -0.2) is 0 Å². The van der Waals surface area contributed by atoms with Gasteiger partial charge in [0.15, 0.2) is 0 Å². The highest BCUT2D eigenvalue weighted by atomic mass is 16.5. The van der Waals surface area contributed by atoms with Gasteiger partial charge < -0.3 is 14.2 Å². The smallest absolute Gasteiger partial charge is 0.308 e. The number of ether oxygens (including phenoxy) is 3. The summed E-state index contributed by atoms with van der Waals surface area (Å²) in [5.74, 6) is 2.67. The lowest BCUT2D eigenvalue weighted by molar-refractivity contribution is -0.228. The monoisotopic (exact) mass is 496 g/mol. The largest absolute Gasteiger partial charge is 0.487 e. The molecule has 3 saturated carbocycles. The molecule has 0 spiro atoms. The van der Waals surface area contributed by atoms with Crippen LogP contribution >= 0.6 is 0 Å². The van der Waals surface area contributed by atoms with Crippen LogP contribution in [0.4, 0.5) is 0 Å². The number of hydrogen-bond acceptors (Lipinski definition) is 5. The van der Waals surface area contributed by atoms with E-state index >= 15 is 0 Å². The Labute approximate surface area is 216 Å². The van der Waals surface area contributed by atoms with E-state index in [1.807, 2.05) is 12.1 Å². The van der Waals surface area contributed by atoms with Crippen molar-refractivity contribution < 1.29 is 23.8 Å². The lowest BCUT2D eigenvalue weighted by atomic mass is 9.37. The first kappa shape index (κ1) is 25.6. The van der Waals surface area contributed by atoms with Crippen LogP contribution in [0.25, 0.3) is 0 Å². The van der Waals surface area contributed by atoms with Crippen LogP contribution in [0.3, 0.4) is 0 Å². The molecule has 0 N–H and O–H groups in total. The molecule has 3 aliphatic carbocycles. The van der Waals surface area contributed by atoms with Crippen molar-refractivity contribution in [2.24, 2.45) is 34.0 Å². The first-order valence-corrected chi connectivity index (χ1v) is 13.9. The van der Waals surface area contributed by atoms with Gasteiger partial charge in [-0.3, -0.25) is 9.59 Å². The maximum Gasteiger partial charge on any atom is 0.308 e. The van der Waals surface area contributed by atoms with Crippen LogP contribution in [0, 0.1) is 40.9 Å². The molecule has 5 nitrogen and oxygen atoms in total. The van der Waals surface area contributed by atoms with Gasteiger partial charge in [0.05, 0.1) is 0 Å². The van der Waals surface area contributed by atoms with Gasteiger partial charge in [0.25, 0.3) is 0 Å². The average Bonchev–Trinajstić information content (AvgIpc) is 2.74. The molecular formula is C31H44O5. The Balaban J connectivity index is 1.50. The van der Waals surface area contributed by atoms with Crippen LogP contribution in [0.15, 0.2) is 12.1 Å². The van der Waals surface area contributed by atoms with E-state index in [-0.39, 0.29) is 39.9 Å². The third-order valence-corrected chi connectivity index (χ3v) is 11.1. The van der Waals surface area contributed by atoms with Crippen molar-refractivity contribution >= 4 is 11.9 Å². The summed E-state index contributed by atoms with van der Waals surface area (Å²) >= 11 is 0. The molecule has 0 radical (unpaired) electrons. The first-order valence-electron chi connectivity index (χ1n) is 13.9. The number of hydrogen-bond donors (Lipinski definition) is 0. The van der Waals surface area contributed by atoms with Gasteiger partial charge in [-0.15, -0.1) is 0 Å². The van der Waals surface area contributed by atoms with Crippen LogP contribution in [-0.4, -0.2) is 23.6 Å². The molecule has 3 fully saturated rings. The predicted molar refractivity (Wildman–Crippen MR) is 139 cm³/mol. The first-order chi connectivity index (χ1) is 16.7. The van der Waals surface area contributed by atoms with Gasteiger partial charge in [0, 0.05) is 25.2 Å². The molecule has 4 aliphatic rings. The summed E-state index contributed by atoms with van der Waals surface area (Å²) in [7, 11) is 0. The summed E-state index contributed by atoms with van der Waals surface area (Å²) in [6, 6.07) is 3.95. The zero-order chi connectivity index (χ0) is 26.3. The van der Waals surface area contributed by atoms with Crippen molar-refractivity contribution in [1.82, 2.24) is 0 Å². The summed E-state index contributed by atoms with van der Waals surface area (Å²) in [6.45, 7) is 17.1. The number of esters is 2. The molecule has 0 saturated heterocycles. The number of aryl methyl sites for hydroxylation is 1. The Hall–Kier alpha value is -2.04. The van der Waals surface area contributed by atoms with E-state index in [0.29, 0.717) is 23.5 Å². The maximum absolute atomic E-state index is 11.9. The summed E-state index contributed by atoms with van der Waals surface area (Å²) < 4.78 is 18.2. The Kier molecular flexibility index (Phi) is 5.85. The second-order valence-electron chi connectivity index (χ2n) is 13.6. The molecule has 198 valence electrons. The minimum absolute atomic E-state index is 0.00106. The molecule has 5 heteroatoms. The van der Waals surface area contributed by atoms with Gasteiger partial charge >= 0.3 is 11.9 Å². The normalized spacial score (nSPS) is 40.4. The van der Waals surface area contributed by atoms with Crippen LogP contribution in [0.5, 0.6) is 11.5 Å². The summed E-state index contributed by atoms with van der Waals surface area (Å²) in [6.07, 6.45) is 7.54. The number of carbonyl (C=O) groups excluding carboxylic acids is 2. The topological polar surface area (TPSA) is 61.8 Å². The van der Waals surface area contributed by atoms with Crippen molar-refractivity contribution in [3.8, 4) is 11.5 Å². The van der Waals surface area contributed by atoms with Crippen LogP contribution in [-0.2, 0) is 20.7 Å². The molecule has 1 aromatic rings. The van der Waals surface area contributed by atoms with Crippen LogP contribution < -0.4 is 9.47 Å². The molecule has 1 aliphatic heterocycles. The van der Waals surface area contributed by atoms with Gasteiger partial charge in [0.1, 0.15) is 23.2 Å². The van der Waals surface area contributed by atoms with Crippen molar-refractivity contribution in [2.45, 2.75) is 112 Å². The molecule has 0 amide bonds. The minimum atomic E-state index is -0.293. The standard InChI is InChI=1S/C31H44O5/c1-18-15-22(34-19(2)32)16-21-17-25-30(7)12-9-23-28(4,5)26(35-20(3)33)11-13-29(23,6)24(30)10-14-31(25,8)36-27(18)21/h15-16,23-26H,9-14,17H2,1-8H3/t23-,24+,25-,26-,29-,30+,31+/m0/s1. The summed E-state index contributed by atoms with van der Waals surface area (Å²) in [5, 5.41) is 0. The average molecular weight is 497 g/mol. The summed E-state index contributed by atoms with van der Waals surface area (Å²) in [4.78, 5) is 23.5. The number of rotatable bonds is 2. The molecule has 0 unspecified atom stereocenters. The van der Waals surface area contributed by atoms with Crippen molar-refractivity contribution in [3.05, 3.63) is 23.3 Å². The Bertz CT molecular complexity index is 1090. The van der Waals surface area contributed by atoms with Gasteiger partial charge in [0.2, 0.25) is 0 Å². The molecule has 36 heavy (non-hydrogen) atoms. The quantitative estimate of drug-likeness (QED) is 0.332. The van der Waals surface area contributed by atoms with Crippen LogP contribution in [0.1, 0.15) is 98.1 Å². The highest BCUT2D eigenvalue weighted by Crippen LogP contribution is 2.71. The molecule has 0 bridgehead atoms. The molecule has 5 rings (SSSR count). The number of fused-ring (bicyclic) bond motifs is 6. The van der Waals surface area contributed by atoms with E-state index in [2.05, 4.69) is 41.5 Å². The highest BCUT2D eigenvalue weighted by molar-refractivity contribution is 5.70. The fourth-order valence-corrected chi connectivity index (χ4v) is 9.71. The van der Waals surface area contributed by atoms with E-state index in [4.69, 9.17) is 14.2 Å². The van der Waals surface area contributed by atoms with E-state index < -0.39 is 0 Å². The van der Waals surface area contributed by atoms with Crippen LogP contribution in [0.2, 0.25) is 0 Å². The molecule has 1 aromatic carbocycles. The minimum Gasteiger partial charge on any atom is -0.487 e. The second-order valence-corrected chi connectivity index (χ2v) is 13.6. The molecule has 1 heterocycles. The zero-order valence-corrected chi connectivity index (χ0v) is 23.5. The molecular weight excluding hydrogens is 452 g/mol. The maximum atomic E-state index is 11.9. The molecule has 0 aromatic heterocycles. The fourth-order valence-electron chi connectivity index (χ4n) is 9.71. The van der Waals surface area contributed by atoms with Gasteiger partial charge in [-0.2, -0.15) is 0 Å². The highest BCUT2D eigenvalue weighted by Gasteiger charge is 2.67. The second kappa shape index (κ2) is 8.23. The van der Waals surface area contributed by atoms with Gasteiger partial charge in [-0.1, -0.05) is 27.7 Å². The van der Waals surface area contributed by atoms with E-state index in [9.17, 15) is 9.59 Å². The number of benzene rings is 1. The SMILES string of the molecule is CC(=O)Oc1cc(C)c2c(c1)C[C@H]1[C@]3(C)CC[C@H]4C(C)(C)[C@@H](OC(C)=O)CC[C@]4(C)[C@H]3CC[C@@]1(C)O2. The lowest BCUT2D eigenvalue weighted by Crippen LogP contribution is -2.66. The van der Waals surface area contributed by atoms with Crippen molar-refractivity contribution in [2.75, 3.05) is 0 Å². The predicted octanol–water partition coefficient (Wildman–Crippen LogP) is 6.81. The lowest BCUT2D eigenvalue weighted by Gasteiger charge is -2.69. The Morgan fingerprint density at radius 3 is 2.17 bits per heavy atom. The van der Waals surface area contributed by atoms with E-state index in [1.165, 1.54) is 18.9 Å². The molecule has 7 atom stereocenters. The van der Waals surface area contributed by atoms with E-state index in [1.54, 1.807) is 6.92 Å². The van der Waals surface area contributed by atoms with E-state index in [0.717, 1.165) is 49.8 Å². The van der Waals surface area contributed by atoms with Gasteiger partial charge in [-0.05, 0) is 105 Å². The number of carbonyl (C=O) groups is 2. The third kappa shape index (κ3) is 3.70. The Morgan fingerprint density at radius 1 is 0.861 bits per heavy atom.